The van der Waals surface area contributed by atoms with Crippen LogP contribution >= 0.6 is 15.9 Å². The zero-order valence-electron chi connectivity index (χ0n) is 8.58. The lowest BCUT2D eigenvalue weighted by atomic mass is 9.93. The number of benzene rings is 1. The topological polar surface area (TPSA) is 43.8 Å². The van der Waals surface area contributed by atoms with Crippen molar-refractivity contribution in [1.82, 2.24) is 9.55 Å². The van der Waals surface area contributed by atoms with Gasteiger partial charge in [-0.2, -0.15) is 0 Å². The fourth-order valence-corrected chi connectivity index (χ4v) is 2.47. The van der Waals surface area contributed by atoms with E-state index in [-0.39, 0.29) is 5.82 Å². The molecule has 1 fully saturated rings. The number of rotatable bonds is 1. The highest BCUT2D eigenvalue weighted by Crippen LogP contribution is 2.37. The Bertz CT molecular complexity index is 560. The van der Waals surface area contributed by atoms with Crippen molar-refractivity contribution in [2.75, 3.05) is 5.73 Å². The predicted molar refractivity (Wildman–Crippen MR) is 64.7 cm³/mol. The molecule has 1 heterocycles. The summed E-state index contributed by atoms with van der Waals surface area (Å²) < 4.78 is 15.8. The lowest BCUT2D eigenvalue weighted by Crippen LogP contribution is -2.18. The monoisotopic (exact) mass is 283 g/mol. The summed E-state index contributed by atoms with van der Waals surface area (Å²) in [6.07, 6.45) is 3.49. The minimum Gasteiger partial charge on any atom is -0.369 e. The summed E-state index contributed by atoms with van der Waals surface area (Å²) in [5.74, 6) is 0.183. The second-order valence-electron chi connectivity index (χ2n) is 4.18. The molecule has 0 radical (unpaired) electrons. The van der Waals surface area contributed by atoms with Crippen molar-refractivity contribution in [3.05, 3.63) is 22.4 Å². The highest BCUT2D eigenvalue weighted by Gasteiger charge is 2.24. The third-order valence-corrected chi connectivity index (χ3v) is 3.81. The maximum absolute atomic E-state index is 13.3. The molecule has 0 aliphatic heterocycles. The summed E-state index contributed by atoms with van der Waals surface area (Å²) in [5.41, 5.74) is 7.42. The van der Waals surface area contributed by atoms with E-state index in [1.54, 1.807) is 6.07 Å². The summed E-state index contributed by atoms with van der Waals surface area (Å²) in [7, 11) is 0. The molecule has 0 bridgehead atoms. The van der Waals surface area contributed by atoms with E-state index < -0.39 is 0 Å². The first-order valence-electron chi connectivity index (χ1n) is 5.29. The lowest BCUT2D eigenvalue weighted by molar-refractivity contribution is 0.324. The highest BCUT2D eigenvalue weighted by molar-refractivity contribution is 9.10. The van der Waals surface area contributed by atoms with Crippen LogP contribution in [0.5, 0.6) is 0 Å². The molecule has 0 unspecified atom stereocenters. The molecule has 16 heavy (non-hydrogen) atoms. The molecule has 0 saturated heterocycles. The predicted octanol–water partition coefficient (Wildman–Crippen LogP) is 3.25. The molecule has 3 rings (SSSR count). The molecule has 1 aromatic heterocycles. The van der Waals surface area contributed by atoms with Crippen molar-refractivity contribution in [2.24, 2.45) is 0 Å². The van der Waals surface area contributed by atoms with E-state index in [0.717, 1.165) is 18.4 Å². The molecule has 2 aromatic rings. The van der Waals surface area contributed by atoms with Crippen LogP contribution in [0.15, 0.2) is 16.6 Å². The van der Waals surface area contributed by atoms with Crippen LogP contribution in [0.2, 0.25) is 0 Å². The van der Waals surface area contributed by atoms with Crippen LogP contribution in [0.4, 0.5) is 10.3 Å². The van der Waals surface area contributed by atoms with Gasteiger partial charge in [0.15, 0.2) is 0 Å². The van der Waals surface area contributed by atoms with Gasteiger partial charge in [0.05, 0.1) is 15.5 Å². The van der Waals surface area contributed by atoms with Crippen LogP contribution in [-0.2, 0) is 0 Å². The van der Waals surface area contributed by atoms with Crippen molar-refractivity contribution in [2.45, 2.75) is 25.3 Å². The maximum atomic E-state index is 13.3. The Kier molecular flexibility index (Phi) is 2.17. The number of hydrogen-bond donors (Lipinski definition) is 1. The Balaban J connectivity index is 2.26. The molecule has 0 spiro atoms. The standard InChI is InChI=1S/C11H11BrFN3/c12-7-4-10-9(5-8(7)13)15-11(14)16(10)6-2-1-3-6/h4-6H,1-3H2,(H2,14,15). The maximum Gasteiger partial charge on any atom is 0.201 e. The van der Waals surface area contributed by atoms with E-state index >= 15 is 0 Å². The average Bonchev–Trinajstić information content (AvgIpc) is 2.43. The first-order valence-corrected chi connectivity index (χ1v) is 6.08. The Morgan fingerprint density at radius 1 is 1.44 bits per heavy atom. The van der Waals surface area contributed by atoms with Crippen LogP contribution in [0.3, 0.4) is 0 Å². The molecule has 84 valence electrons. The molecule has 1 aromatic carbocycles. The number of anilines is 1. The van der Waals surface area contributed by atoms with E-state index in [2.05, 4.69) is 20.9 Å². The second-order valence-corrected chi connectivity index (χ2v) is 5.03. The summed E-state index contributed by atoms with van der Waals surface area (Å²) >= 11 is 3.19. The molecule has 1 saturated carbocycles. The number of hydrogen-bond acceptors (Lipinski definition) is 2. The Hall–Kier alpha value is -1.10. The zero-order valence-corrected chi connectivity index (χ0v) is 10.2. The molecule has 1 aliphatic carbocycles. The Labute approximate surface area is 101 Å². The normalized spacial score (nSPS) is 16.6. The first kappa shape index (κ1) is 10.1. The number of imidazole rings is 1. The van der Waals surface area contributed by atoms with E-state index in [4.69, 9.17) is 5.73 Å². The van der Waals surface area contributed by atoms with Gasteiger partial charge in [-0.05, 0) is 41.3 Å². The fourth-order valence-electron chi connectivity index (χ4n) is 2.14. The quantitative estimate of drug-likeness (QED) is 0.873. The minimum absolute atomic E-state index is 0.300. The number of nitrogen functional groups attached to an aromatic ring is 1. The second kappa shape index (κ2) is 3.45. The van der Waals surface area contributed by atoms with Gasteiger partial charge >= 0.3 is 0 Å². The molecule has 1 aliphatic rings. The van der Waals surface area contributed by atoms with Crippen molar-refractivity contribution in [3.8, 4) is 0 Å². The fraction of sp³-hybridized carbons (Fsp3) is 0.364. The minimum atomic E-state index is -0.300. The lowest BCUT2D eigenvalue weighted by Gasteiger charge is -2.28. The van der Waals surface area contributed by atoms with Crippen molar-refractivity contribution in [3.63, 3.8) is 0 Å². The van der Waals surface area contributed by atoms with Crippen LogP contribution < -0.4 is 5.73 Å². The van der Waals surface area contributed by atoms with Crippen molar-refractivity contribution in [1.29, 1.82) is 0 Å². The largest absolute Gasteiger partial charge is 0.369 e. The summed E-state index contributed by atoms with van der Waals surface area (Å²) in [5, 5.41) is 0. The molecule has 3 nitrogen and oxygen atoms in total. The molecule has 0 amide bonds. The van der Waals surface area contributed by atoms with Crippen molar-refractivity contribution >= 4 is 32.9 Å². The average molecular weight is 284 g/mol. The van der Waals surface area contributed by atoms with Gasteiger partial charge in [-0.1, -0.05) is 0 Å². The van der Waals surface area contributed by atoms with E-state index in [1.165, 1.54) is 12.5 Å². The number of halogens is 2. The zero-order chi connectivity index (χ0) is 11.3. The Morgan fingerprint density at radius 3 is 2.81 bits per heavy atom. The van der Waals surface area contributed by atoms with Crippen LogP contribution in [0.1, 0.15) is 25.3 Å². The summed E-state index contributed by atoms with van der Waals surface area (Å²) in [6, 6.07) is 3.61. The van der Waals surface area contributed by atoms with Gasteiger partial charge in [0.25, 0.3) is 0 Å². The summed E-state index contributed by atoms with van der Waals surface area (Å²) in [6.45, 7) is 0. The highest BCUT2D eigenvalue weighted by atomic mass is 79.9. The van der Waals surface area contributed by atoms with E-state index in [0.29, 0.717) is 22.0 Å². The van der Waals surface area contributed by atoms with Gasteiger partial charge in [0, 0.05) is 12.1 Å². The van der Waals surface area contributed by atoms with Gasteiger partial charge in [-0.15, -0.1) is 0 Å². The first-order chi connectivity index (χ1) is 7.66. The van der Waals surface area contributed by atoms with Crippen molar-refractivity contribution < 1.29 is 4.39 Å². The number of aromatic nitrogens is 2. The number of nitrogens with zero attached hydrogens (tertiary/aromatic N) is 2. The smallest absolute Gasteiger partial charge is 0.201 e. The third-order valence-electron chi connectivity index (χ3n) is 3.20. The SMILES string of the molecule is Nc1nc2cc(F)c(Br)cc2n1C1CCC1. The number of nitrogens with two attached hydrogens (primary N) is 1. The molecule has 5 heteroatoms. The summed E-state index contributed by atoms with van der Waals surface area (Å²) in [4.78, 5) is 4.20. The van der Waals surface area contributed by atoms with Crippen LogP contribution in [0.25, 0.3) is 11.0 Å². The van der Waals surface area contributed by atoms with Crippen LogP contribution in [-0.4, -0.2) is 9.55 Å². The van der Waals surface area contributed by atoms with Crippen LogP contribution in [0, 0.1) is 5.82 Å². The van der Waals surface area contributed by atoms with Gasteiger partial charge in [0.2, 0.25) is 5.95 Å². The molecule has 0 atom stereocenters. The van der Waals surface area contributed by atoms with Gasteiger partial charge in [-0.3, -0.25) is 0 Å². The Morgan fingerprint density at radius 2 is 2.19 bits per heavy atom. The van der Waals surface area contributed by atoms with Gasteiger partial charge in [0.1, 0.15) is 5.82 Å². The molecule has 2 N–H and O–H groups in total. The van der Waals surface area contributed by atoms with Gasteiger partial charge < -0.3 is 10.3 Å². The third kappa shape index (κ3) is 1.34. The van der Waals surface area contributed by atoms with E-state index in [1.807, 2.05) is 4.57 Å². The van der Waals surface area contributed by atoms with Gasteiger partial charge in [-0.25, -0.2) is 9.37 Å². The number of fused-ring (bicyclic) bond motifs is 1. The molecular weight excluding hydrogens is 273 g/mol. The van der Waals surface area contributed by atoms with E-state index in [9.17, 15) is 4.39 Å². The molecular formula is C11H11BrFN3.